The first-order chi connectivity index (χ1) is 10.7. The Morgan fingerprint density at radius 2 is 2.04 bits per heavy atom. The van der Waals surface area contributed by atoms with Gasteiger partial charge in [-0.05, 0) is 24.6 Å². The zero-order valence-corrected chi connectivity index (χ0v) is 12.9. The smallest absolute Gasteiger partial charge is 0.387 e. The summed E-state index contributed by atoms with van der Waals surface area (Å²) in [5, 5.41) is 9.03. The number of carboxylic acid groups (broad SMARTS) is 1. The van der Waals surface area contributed by atoms with Crippen molar-refractivity contribution in [1.82, 2.24) is 4.72 Å². The van der Waals surface area contributed by atoms with E-state index in [1.54, 1.807) is 6.92 Å². The number of nitrogens with one attached hydrogen (secondary N) is 1. The number of alkyl halides is 2. The summed E-state index contributed by atoms with van der Waals surface area (Å²) in [4.78, 5) is 10.2. The maximum Gasteiger partial charge on any atom is 0.387 e. The number of unbranched alkanes of at least 4 members (excludes halogenated alkanes) is 1. The van der Waals surface area contributed by atoms with Gasteiger partial charge < -0.3 is 9.84 Å². The molecule has 2 N–H and O–H groups in total. The molecule has 1 atom stereocenters. The van der Waals surface area contributed by atoms with Crippen LogP contribution in [0.1, 0.15) is 26.2 Å². The number of aliphatic carboxylic acids is 1. The first-order valence-electron chi connectivity index (χ1n) is 6.67. The zero-order chi connectivity index (χ0) is 17.6. The Bertz CT molecular complexity index is 651. The van der Waals surface area contributed by atoms with E-state index >= 15 is 0 Å². The highest BCUT2D eigenvalue weighted by molar-refractivity contribution is 7.89. The van der Waals surface area contributed by atoms with Crippen LogP contribution in [0.25, 0.3) is 0 Å². The minimum absolute atomic E-state index is 0.00537. The molecule has 1 aromatic carbocycles. The largest absolute Gasteiger partial charge is 0.480 e. The maximum absolute atomic E-state index is 13.3. The van der Waals surface area contributed by atoms with E-state index < -0.39 is 45.1 Å². The van der Waals surface area contributed by atoms with Crippen molar-refractivity contribution in [1.29, 1.82) is 0 Å². The molecule has 0 heterocycles. The third-order valence-corrected chi connectivity index (χ3v) is 4.35. The van der Waals surface area contributed by atoms with Gasteiger partial charge in [0, 0.05) is 0 Å². The topological polar surface area (TPSA) is 92.7 Å². The average Bonchev–Trinajstić information content (AvgIpc) is 2.44. The summed E-state index contributed by atoms with van der Waals surface area (Å²) >= 11 is 0. The molecule has 0 aliphatic heterocycles. The van der Waals surface area contributed by atoms with Gasteiger partial charge in [0.15, 0.2) is 0 Å². The molecule has 0 spiro atoms. The lowest BCUT2D eigenvalue weighted by molar-refractivity contribution is -0.139. The molecular formula is C13H16F3NO5S. The van der Waals surface area contributed by atoms with Crippen LogP contribution < -0.4 is 9.46 Å². The maximum atomic E-state index is 13.3. The fourth-order valence-corrected chi connectivity index (χ4v) is 3.15. The molecule has 0 saturated heterocycles. The van der Waals surface area contributed by atoms with E-state index in [-0.39, 0.29) is 6.42 Å². The molecule has 0 bridgehead atoms. The van der Waals surface area contributed by atoms with Crippen LogP contribution >= 0.6 is 0 Å². The van der Waals surface area contributed by atoms with Gasteiger partial charge in [-0.1, -0.05) is 19.8 Å². The van der Waals surface area contributed by atoms with Crippen LogP contribution in [0.15, 0.2) is 23.1 Å². The van der Waals surface area contributed by atoms with Crippen molar-refractivity contribution in [3.63, 3.8) is 0 Å². The third-order valence-electron chi connectivity index (χ3n) is 2.85. The van der Waals surface area contributed by atoms with Gasteiger partial charge in [-0.3, -0.25) is 4.79 Å². The summed E-state index contributed by atoms with van der Waals surface area (Å²) in [7, 11) is -4.56. The van der Waals surface area contributed by atoms with E-state index in [1.165, 1.54) is 0 Å². The molecule has 0 saturated carbocycles. The molecule has 0 aliphatic rings. The van der Waals surface area contributed by atoms with Crippen molar-refractivity contribution < 1.29 is 36.2 Å². The first kappa shape index (κ1) is 19.2. The standard InChI is InChI=1S/C13H16F3NO5S/c1-2-3-4-9(12(18)19)17-23(20,21)11-7-8(14)5-6-10(11)22-13(15)16/h5-7,9,13,17H,2-4H2,1H3,(H,18,19). The second-order valence-corrected chi connectivity index (χ2v) is 6.31. The number of ether oxygens (including phenoxy) is 1. The molecule has 130 valence electrons. The fourth-order valence-electron chi connectivity index (χ4n) is 1.78. The lowest BCUT2D eigenvalue weighted by atomic mass is 10.1. The number of halogens is 3. The van der Waals surface area contributed by atoms with Crippen LogP contribution in [0.4, 0.5) is 13.2 Å². The number of hydrogen-bond donors (Lipinski definition) is 2. The molecule has 1 rings (SSSR count). The van der Waals surface area contributed by atoms with Crippen LogP contribution in [0.2, 0.25) is 0 Å². The number of carboxylic acids is 1. The molecule has 23 heavy (non-hydrogen) atoms. The van der Waals surface area contributed by atoms with Gasteiger partial charge in [0.1, 0.15) is 22.5 Å². The SMILES string of the molecule is CCCCC(NS(=O)(=O)c1cc(F)ccc1OC(F)F)C(=O)O. The summed E-state index contributed by atoms with van der Waals surface area (Å²) in [6.07, 6.45) is 1.07. The summed E-state index contributed by atoms with van der Waals surface area (Å²) in [5.41, 5.74) is 0. The number of benzene rings is 1. The van der Waals surface area contributed by atoms with E-state index in [4.69, 9.17) is 5.11 Å². The molecule has 0 amide bonds. The molecular weight excluding hydrogens is 339 g/mol. The van der Waals surface area contributed by atoms with Crippen molar-refractivity contribution in [2.75, 3.05) is 0 Å². The molecule has 0 radical (unpaired) electrons. The van der Waals surface area contributed by atoms with Crippen molar-refractivity contribution in [2.45, 2.75) is 43.7 Å². The van der Waals surface area contributed by atoms with Gasteiger partial charge in [0.05, 0.1) is 0 Å². The third kappa shape index (κ3) is 5.71. The Balaban J connectivity index is 3.15. The Morgan fingerprint density at radius 1 is 1.39 bits per heavy atom. The van der Waals surface area contributed by atoms with Crippen LogP contribution in [0.3, 0.4) is 0 Å². The quantitative estimate of drug-likeness (QED) is 0.709. The minimum atomic E-state index is -4.56. The lowest BCUT2D eigenvalue weighted by Crippen LogP contribution is -2.40. The van der Waals surface area contributed by atoms with Crippen LogP contribution in [-0.2, 0) is 14.8 Å². The number of rotatable bonds is 9. The molecule has 10 heteroatoms. The first-order valence-corrected chi connectivity index (χ1v) is 8.15. The molecule has 6 nitrogen and oxygen atoms in total. The zero-order valence-electron chi connectivity index (χ0n) is 12.1. The van der Waals surface area contributed by atoms with Gasteiger partial charge in [-0.25, -0.2) is 12.8 Å². The second kappa shape index (κ2) is 8.16. The summed E-state index contributed by atoms with van der Waals surface area (Å²) < 4.78 is 68.2. The van der Waals surface area contributed by atoms with Crippen LogP contribution in [0, 0.1) is 5.82 Å². The second-order valence-electron chi connectivity index (χ2n) is 4.62. The van der Waals surface area contributed by atoms with Crippen molar-refractivity contribution >= 4 is 16.0 Å². The van der Waals surface area contributed by atoms with E-state index in [2.05, 4.69) is 4.74 Å². The highest BCUT2D eigenvalue weighted by atomic mass is 32.2. The highest BCUT2D eigenvalue weighted by Crippen LogP contribution is 2.26. The van der Waals surface area contributed by atoms with Crippen molar-refractivity contribution in [3.05, 3.63) is 24.0 Å². The Hall–Kier alpha value is -1.81. The van der Waals surface area contributed by atoms with Crippen LogP contribution in [0.5, 0.6) is 5.75 Å². The van der Waals surface area contributed by atoms with E-state index in [0.29, 0.717) is 18.9 Å². The van der Waals surface area contributed by atoms with Crippen molar-refractivity contribution in [2.24, 2.45) is 0 Å². The van der Waals surface area contributed by atoms with E-state index in [0.717, 1.165) is 12.1 Å². The fraction of sp³-hybridized carbons (Fsp3) is 0.462. The number of carbonyl (C=O) groups is 1. The monoisotopic (exact) mass is 355 g/mol. The molecule has 1 unspecified atom stereocenters. The molecule has 0 aliphatic carbocycles. The van der Waals surface area contributed by atoms with Crippen molar-refractivity contribution in [3.8, 4) is 5.75 Å². The van der Waals surface area contributed by atoms with E-state index in [1.807, 2.05) is 4.72 Å². The predicted molar refractivity (Wildman–Crippen MR) is 74.3 cm³/mol. The minimum Gasteiger partial charge on any atom is -0.480 e. The summed E-state index contributed by atoms with van der Waals surface area (Å²) in [5.74, 6) is -3.18. The summed E-state index contributed by atoms with van der Waals surface area (Å²) in [6.45, 7) is -1.53. The summed E-state index contributed by atoms with van der Waals surface area (Å²) in [6, 6.07) is 0.515. The van der Waals surface area contributed by atoms with Gasteiger partial charge >= 0.3 is 12.6 Å². The average molecular weight is 355 g/mol. The van der Waals surface area contributed by atoms with Gasteiger partial charge in [-0.15, -0.1) is 0 Å². The predicted octanol–water partition coefficient (Wildman–Crippen LogP) is 2.35. The van der Waals surface area contributed by atoms with Gasteiger partial charge in [0.2, 0.25) is 10.0 Å². The van der Waals surface area contributed by atoms with Crippen LogP contribution in [-0.4, -0.2) is 32.1 Å². The molecule has 1 aromatic rings. The lowest BCUT2D eigenvalue weighted by Gasteiger charge is -2.16. The Morgan fingerprint density at radius 3 is 2.57 bits per heavy atom. The van der Waals surface area contributed by atoms with E-state index in [9.17, 15) is 26.4 Å². The number of hydrogen-bond acceptors (Lipinski definition) is 4. The Kier molecular flexibility index (Phi) is 6.82. The van der Waals surface area contributed by atoms with Gasteiger partial charge in [0.25, 0.3) is 0 Å². The Labute approximate surface area is 131 Å². The highest BCUT2D eigenvalue weighted by Gasteiger charge is 2.28. The normalized spacial score (nSPS) is 13.1. The van der Waals surface area contributed by atoms with Gasteiger partial charge in [-0.2, -0.15) is 13.5 Å². The molecule has 0 fully saturated rings. The number of sulfonamides is 1. The molecule has 0 aromatic heterocycles.